The molecule has 1 fully saturated rings. The topological polar surface area (TPSA) is 65.5 Å². The molecule has 0 spiro atoms. The monoisotopic (exact) mass is 424 g/mol. The summed E-state index contributed by atoms with van der Waals surface area (Å²) >= 11 is 0. The quantitative estimate of drug-likeness (QED) is 0.711. The summed E-state index contributed by atoms with van der Waals surface area (Å²) in [5.41, 5.74) is -0.441. The lowest BCUT2D eigenvalue weighted by molar-refractivity contribution is -0.137. The number of rotatable bonds is 1. The third-order valence-corrected chi connectivity index (χ3v) is 5.42. The Morgan fingerprint density at radius 3 is 2.67 bits per heavy atom. The fourth-order valence-corrected chi connectivity index (χ4v) is 4.02. The van der Waals surface area contributed by atoms with Gasteiger partial charge in [-0.05, 0) is 31.2 Å². The Labute approximate surface area is 171 Å². The standard InChI is InChI=1S/C20H18F4N4O2.H2/c1-10-6-12(20(22,23)24)8-15(26-10)28-16(29)7-11-9-25-17-13(21)4-3-5-14(17)27(2)19(30)18(11)28;/h3-6,8,11,18,25H,7,9H2,1-2H3;1H/t11-,18+;/m1./s1. The van der Waals surface area contributed by atoms with Crippen LogP contribution in [0.3, 0.4) is 0 Å². The molecule has 2 aliphatic rings. The maximum Gasteiger partial charge on any atom is 0.416 e. The Hall–Kier alpha value is -3.17. The van der Waals surface area contributed by atoms with Gasteiger partial charge in [-0.25, -0.2) is 9.37 Å². The maximum absolute atomic E-state index is 14.3. The summed E-state index contributed by atoms with van der Waals surface area (Å²) in [6, 6.07) is 4.87. The predicted molar refractivity (Wildman–Crippen MR) is 104 cm³/mol. The van der Waals surface area contributed by atoms with Crippen LogP contribution in [0.2, 0.25) is 0 Å². The second-order valence-electron chi connectivity index (χ2n) is 7.44. The molecule has 2 aromatic rings. The van der Waals surface area contributed by atoms with Crippen molar-refractivity contribution in [2.45, 2.75) is 25.6 Å². The van der Waals surface area contributed by atoms with Crippen molar-refractivity contribution in [3.8, 4) is 0 Å². The Balaban J connectivity index is 0.00000272. The van der Waals surface area contributed by atoms with Gasteiger partial charge in [-0.1, -0.05) is 6.07 Å². The van der Waals surface area contributed by atoms with Crippen molar-refractivity contribution in [2.75, 3.05) is 28.7 Å². The number of nitrogens with zero attached hydrogens (tertiary/aromatic N) is 3. The number of fused-ring (bicyclic) bond motifs is 2. The number of halogens is 4. The average Bonchev–Trinajstić information content (AvgIpc) is 2.99. The van der Waals surface area contributed by atoms with Crippen molar-refractivity contribution in [1.29, 1.82) is 0 Å². The third kappa shape index (κ3) is 3.25. The Morgan fingerprint density at radius 1 is 1.23 bits per heavy atom. The largest absolute Gasteiger partial charge is 0.416 e. The zero-order valence-corrected chi connectivity index (χ0v) is 16.1. The molecule has 0 aliphatic carbocycles. The molecular formula is C20H20F4N4O2. The molecule has 1 aromatic carbocycles. The van der Waals surface area contributed by atoms with Crippen molar-refractivity contribution in [1.82, 2.24) is 4.98 Å². The molecule has 1 saturated heterocycles. The van der Waals surface area contributed by atoms with Gasteiger partial charge >= 0.3 is 6.18 Å². The molecule has 0 unspecified atom stereocenters. The van der Waals surface area contributed by atoms with E-state index >= 15 is 0 Å². The molecule has 2 atom stereocenters. The van der Waals surface area contributed by atoms with Crippen LogP contribution in [0, 0.1) is 18.7 Å². The van der Waals surface area contributed by atoms with E-state index in [2.05, 4.69) is 10.3 Å². The van der Waals surface area contributed by atoms with Gasteiger partial charge in [0, 0.05) is 33.1 Å². The summed E-state index contributed by atoms with van der Waals surface area (Å²) in [4.78, 5) is 32.4. The van der Waals surface area contributed by atoms with Gasteiger partial charge in [0.25, 0.3) is 0 Å². The SMILES string of the molecule is Cc1cc(C(F)(F)F)cc(N2C(=O)C[C@@H]3CNc4c(F)cccc4N(C)C(=O)[C@H]32)n1.[HH]. The Bertz CT molecular complexity index is 1050. The highest BCUT2D eigenvalue weighted by atomic mass is 19.4. The van der Waals surface area contributed by atoms with E-state index in [9.17, 15) is 27.2 Å². The predicted octanol–water partition coefficient (Wildman–Crippen LogP) is 3.60. The first-order chi connectivity index (χ1) is 14.1. The van der Waals surface area contributed by atoms with Gasteiger partial charge in [-0.3, -0.25) is 14.5 Å². The molecule has 4 rings (SSSR count). The van der Waals surface area contributed by atoms with Gasteiger partial charge in [-0.2, -0.15) is 13.2 Å². The number of pyridine rings is 1. The second kappa shape index (κ2) is 6.96. The highest BCUT2D eigenvalue weighted by Gasteiger charge is 2.48. The molecule has 3 heterocycles. The van der Waals surface area contributed by atoms with Crippen molar-refractivity contribution in [3.63, 3.8) is 0 Å². The molecule has 2 amide bonds. The normalized spacial score (nSPS) is 21.7. The van der Waals surface area contributed by atoms with E-state index in [0.717, 1.165) is 17.0 Å². The van der Waals surface area contributed by atoms with Crippen LogP contribution < -0.4 is 15.1 Å². The molecule has 6 nitrogen and oxygen atoms in total. The van der Waals surface area contributed by atoms with E-state index in [1.165, 1.54) is 31.0 Å². The lowest BCUT2D eigenvalue weighted by Crippen LogP contribution is -2.51. The summed E-state index contributed by atoms with van der Waals surface area (Å²) < 4.78 is 54.1. The van der Waals surface area contributed by atoms with E-state index in [-0.39, 0.29) is 37.3 Å². The minimum atomic E-state index is -4.62. The zero-order valence-electron chi connectivity index (χ0n) is 16.1. The summed E-state index contributed by atoms with van der Waals surface area (Å²) in [5, 5.41) is 2.95. The van der Waals surface area contributed by atoms with Crippen molar-refractivity contribution in [2.24, 2.45) is 5.92 Å². The Kier molecular flexibility index (Phi) is 4.67. The van der Waals surface area contributed by atoms with Crippen molar-refractivity contribution < 1.29 is 28.6 Å². The van der Waals surface area contributed by atoms with E-state index in [4.69, 9.17) is 0 Å². The number of carbonyl (C=O) groups excluding carboxylic acids is 2. The van der Waals surface area contributed by atoms with Crippen molar-refractivity contribution in [3.05, 3.63) is 47.4 Å². The van der Waals surface area contributed by atoms with E-state index < -0.39 is 41.3 Å². The van der Waals surface area contributed by atoms with Gasteiger partial charge in [0.15, 0.2) is 0 Å². The van der Waals surface area contributed by atoms with Gasteiger partial charge < -0.3 is 10.2 Å². The first-order valence-corrected chi connectivity index (χ1v) is 9.26. The smallest absolute Gasteiger partial charge is 0.381 e. The number of anilines is 3. The number of nitrogens with one attached hydrogen (secondary N) is 1. The van der Waals surface area contributed by atoms with E-state index in [1.807, 2.05) is 0 Å². The molecule has 160 valence electrons. The summed E-state index contributed by atoms with van der Waals surface area (Å²) in [6.45, 7) is 1.50. The molecule has 0 saturated carbocycles. The molecule has 0 bridgehead atoms. The van der Waals surface area contributed by atoms with E-state index in [1.54, 1.807) is 6.07 Å². The number of aryl methyl sites for hydroxylation is 1. The lowest BCUT2D eigenvalue weighted by Gasteiger charge is -2.34. The fraction of sp³-hybridized carbons (Fsp3) is 0.350. The number of amides is 2. The summed E-state index contributed by atoms with van der Waals surface area (Å²) in [5.74, 6) is -2.34. The third-order valence-electron chi connectivity index (χ3n) is 5.42. The van der Waals surface area contributed by atoms with E-state index in [0.29, 0.717) is 0 Å². The highest BCUT2D eigenvalue weighted by Crippen LogP contribution is 2.39. The molecule has 30 heavy (non-hydrogen) atoms. The van der Waals surface area contributed by atoms with Gasteiger partial charge in [0.05, 0.1) is 16.9 Å². The van der Waals surface area contributed by atoms with Crippen LogP contribution in [0.4, 0.5) is 34.8 Å². The number of para-hydroxylation sites is 1. The first-order valence-electron chi connectivity index (χ1n) is 9.26. The number of aromatic nitrogens is 1. The lowest BCUT2D eigenvalue weighted by atomic mass is 9.97. The van der Waals surface area contributed by atoms with Crippen LogP contribution in [0.5, 0.6) is 0 Å². The van der Waals surface area contributed by atoms with Crippen LogP contribution in [0.25, 0.3) is 0 Å². The first kappa shape index (κ1) is 20.1. The minimum absolute atomic E-state index is 0. The van der Waals surface area contributed by atoms with Crippen molar-refractivity contribution >= 4 is 29.0 Å². The number of hydrogen-bond donors (Lipinski definition) is 1. The van der Waals surface area contributed by atoms with Crippen LogP contribution in [0.1, 0.15) is 19.1 Å². The minimum Gasteiger partial charge on any atom is -0.381 e. The maximum atomic E-state index is 14.3. The highest BCUT2D eigenvalue weighted by molar-refractivity contribution is 6.09. The fourth-order valence-electron chi connectivity index (χ4n) is 4.02. The van der Waals surface area contributed by atoms with Crippen LogP contribution >= 0.6 is 0 Å². The number of benzene rings is 1. The van der Waals surface area contributed by atoms with Crippen LogP contribution in [-0.2, 0) is 15.8 Å². The molecule has 10 heteroatoms. The summed E-state index contributed by atoms with van der Waals surface area (Å²) in [6.07, 6.45) is -4.69. The second-order valence-corrected chi connectivity index (χ2v) is 7.44. The molecule has 2 aliphatic heterocycles. The number of hydrogen-bond acceptors (Lipinski definition) is 4. The molecule has 1 N–H and O–H groups in total. The molecular weight excluding hydrogens is 404 g/mol. The van der Waals surface area contributed by atoms with Crippen LogP contribution in [0.15, 0.2) is 30.3 Å². The van der Waals surface area contributed by atoms with Crippen LogP contribution in [-0.4, -0.2) is 36.4 Å². The summed E-state index contributed by atoms with van der Waals surface area (Å²) in [7, 11) is 1.44. The Morgan fingerprint density at radius 2 is 1.97 bits per heavy atom. The number of alkyl halides is 3. The van der Waals surface area contributed by atoms with Gasteiger partial charge in [0.2, 0.25) is 11.8 Å². The average molecular weight is 424 g/mol. The molecule has 1 aromatic heterocycles. The van der Waals surface area contributed by atoms with Gasteiger partial charge in [-0.15, -0.1) is 0 Å². The number of carbonyl (C=O) groups is 2. The zero-order chi connectivity index (χ0) is 21.8. The van der Waals surface area contributed by atoms with Gasteiger partial charge in [0.1, 0.15) is 17.7 Å². The number of likely N-dealkylation sites (N-methyl/N-ethyl adjacent to an activating group) is 1. The molecule has 0 radical (unpaired) electrons.